The quantitative estimate of drug-likeness (QED) is 0.797. The van der Waals surface area contributed by atoms with Gasteiger partial charge < -0.3 is 24.4 Å². The average Bonchev–Trinajstić information content (AvgIpc) is 2.81. The van der Waals surface area contributed by atoms with E-state index >= 15 is 0 Å². The molecule has 0 saturated carbocycles. The molecule has 0 aromatic carbocycles. The van der Waals surface area contributed by atoms with Gasteiger partial charge in [-0.3, -0.25) is 9.59 Å². The van der Waals surface area contributed by atoms with Crippen LogP contribution in [-0.4, -0.2) is 73.3 Å². The fraction of sp³-hybridized carbons (Fsp3) is 0.833. The average molecular weight is 370 g/mol. The van der Waals surface area contributed by atoms with Crippen LogP contribution in [-0.2, 0) is 23.8 Å². The number of Topliss-reactive ketones (excluding diaryl/α,β-unsaturated/α-hetero) is 1. The third kappa shape index (κ3) is 4.94. The molecule has 0 spiro atoms. The summed E-state index contributed by atoms with van der Waals surface area (Å²) in [6.07, 6.45) is -1.62. The maximum atomic E-state index is 12.9. The van der Waals surface area contributed by atoms with Crippen LogP contribution in [0.25, 0.3) is 0 Å². The zero-order valence-corrected chi connectivity index (χ0v) is 16.3. The first-order valence-electron chi connectivity index (χ1n) is 9.03. The van der Waals surface area contributed by atoms with Crippen LogP contribution in [0.3, 0.4) is 0 Å². The normalized spacial score (nSPS) is 28.0. The van der Waals surface area contributed by atoms with E-state index in [0.717, 1.165) is 0 Å². The van der Waals surface area contributed by atoms with Crippen LogP contribution < -0.4 is 5.32 Å². The van der Waals surface area contributed by atoms with Crippen LogP contribution in [0.5, 0.6) is 0 Å². The van der Waals surface area contributed by atoms with Gasteiger partial charge in [-0.15, -0.1) is 0 Å². The van der Waals surface area contributed by atoms with Gasteiger partial charge in [0.25, 0.3) is 5.91 Å². The second-order valence-corrected chi connectivity index (χ2v) is 8.30. The van der Waals surface area contributed by atoms with E-state index in [1.165, 1.54) is 4.90 Å². The minimum absolute atomic E-state index is 0.0323. The Labute approximate surface area is 154 Å². The molecule has 2 saturated heterocycles. The molecule has 0 aliphatic carbocycles. The van der Waals surface area contributed by atoms with Gasteiger partial charge >= 0.3 is 6.09 Å². The van der Waals surface area contributed by atoms with E-state index in [1.807, 2.05) is 20.8 Å². The summed E-state index contributed by atoms with van der Waals surface area (Å²) in [6.45, 7) is 11.0. The molecule has 2 fully saturated rings. The lowest BCUT2D eigenvalue weighted by Crippen LogP contribution is -2.58. The Bertz CT molecular complexity index is 552. The van der Waals surface area contributed by atoms with E-state index in [1.54, 1.807) is 13.8 Å². The van der Waals surface area contributed by atoms with Crippen molar-refractivity contribution in [3.05, 3.63) is 0 Å². The Morgan fingerprint density at radius 2 is 1.96 bits per heavy atom. The predicted molar refractivity (Wildman–Crippen MR) is 93.7 cm³/mol. The number of carbonyl (C=O) groups is 3. The van der Waals surface area contributed by atoms with E-state index in [2.05, 4.69) is 5.32 Å². The third-order valence-corrected chi connectivity index (χ3v) is 4.84. The number of ketones is 1. The summed E-state index contributed by atoms with van der Waals surface area (Å²) in [5.41, 5.74) is -1.35. The van der Waals surface area contributed by atoms with Crippen LogP contribution >= 0.6 is 0 Å². The summed E-state index contributed by atoms with van der Waals surface area (Å²) in [5, 5.41) is 2.75. The number of ether oxygens (including phenoxy) is 3. The minimum Gasteiger partial charge on any atom is -0.436 e. The second-order valence-electron chi connectivity index (χ2n) is 8.30. The van der Waals surface area contributed by atoms with Crippen molar-refractivity contribution in [1.29, 1.82) is 0 Å². The number of carbonyl (C=O) groups excluding carboxylic acids is 3. The van der Waals surface area contributed by atoms with Gasteiger partial charge in [0, 0.05) is 13.1 Å². The first kappa shape index (κ1) is 20.6. The SMILES string of the molecule is CC1OCC(=O)C1(C)NC(=O)C(CC(C)(C)C)OC(=O)N1CCOCC1. The van der Waals surface area contributed by atoms with Crippen molar-refractivity contribution >= 4 is 17.8 Å². The van der Waals surface area contributed by atoms with Gasteiger partial charge in [-0.1, -0.05) is 20.8 Å². The van der Waals surface area contributed by atoms with Crippen molar-refractivity contribution in [3.63, 3.8) is 0 Å². The zero-order chi connectivity index (χ0) is 19.5. The van der Waals surface area contributed by atoms with Gasteiger partial charge in [0.1, 0.15) is 12.1 Å². The molecular formula is C18H30N2O6. The Morgan fingerprint density at radius 3 is 2.46 bits per heavy atom. The topological polar surface area (TPSA) is 94.2 Å². The maximum absolute atomic E-state index is 12.9. The number of hydrogen-bond donors (Lipinski definition) is 1. The van der Waals surface area contributed by atoms with Crippen LogP contribution in [0, 0.1) is 5.41 Å². The van der Waals surface area contributed by atoms with E-state index in [0.29, 0.717) is 32.7 Å². The van der Waals surface area contributed by atoms with Crippen molar-refractivity contribution in [2.24, 2.45) is 5.41 Å². The molecule has 0 aromatic heterocycles. The fourth-order valence-corrected chi connectivity index (χ4v) is 2.94. The van der Waals surface area contributed by atoms with Crippen molar-refractivity contribution in [1.82, 2.24) is 10.2 Å². The molecule has 2 amide bonds. The van der Waals surface area contributed by atoms with Crippen LogP contribution in [0.2, 0.25) is 0 Å². The summed E-state index contributed by atoms with van der Waals surface area (Å²) in [7, 11) is 0. The molecule has 8 heteroatoms. The lowest BCUT2D eigenvalue weighted by Gasteiger charge is -2.33. The largest absolute Gasteiger partial charge is 0.436 e. The predicted octanol–water partition coefficient (Wildman–Crippen LogP) is 1.12. The van der Waals surface area contributed by atoms with Crippen LogP contribution in [0.15, 0.2) is 0 Å². The van der Waals surface area contributed by atoms with E-state index in [-0.39, 0.29) is 17.8 Å². The number of nitrogens with zero attached hydrogens (tertiary/aromatic N) is 1. The molecule has 1 N–H and O–H groups in total. The Balaban J connectivity index is 2.09. The summed E-state index contributed by atoms with van der Waals surface area (Å²) in [5.74, 6) is -0.665. The molecular weight excluding hydrogens is 340 g/mol. The molecule has 2 aliphatic heterocycles. The first-order valence-corrected chi connectivity index (χ1v) is 9.03. The second kappa shape index (κ2) is 7.92. The Kier molecular flexibility index (Phi) is 6.29. The Hall–Kier alpha value is -1.67. The molecule has 0 aromatic rings. The van der Waals surface area contributed by atoms with Gasteiger partial charge in [0.15, 0.2) is 11.9 Å². The fourth-order valence-electron chi connectivity index (χ4n) is 2.94. The smallest absolute Gasteiger partial charge is 0.410 e. The van der Waals surface area contributed by atoms with E-state index < -0.39 is 29.7 Å². The van der Waals surface area contributed by atoms with Crippen molar-refractivity contribution < 1.29 is 28.6 Å². The van der Waals surface area contributed by atoms with Crippen molar-refractivity contribution in [2.45, 2.75) is 58.8 Å². The van der Waals surface area contributed by atoms with Crippen LogP contribution in [0.4, 0.5) is 4.79 Å². The molecule has 3 unspecified atom stereocenters. The summed E-state index contributed by atoms with van der Waals surface area (Å²) < 4.78 is 16.1. The Morgan fingerprint density at radius 1 is 1.35 bits per heavy atom. The van der Waals surface area contributed by atoms with E-state index in [4.69, 9.17) is 14.2 Å². The van der Waals surface area contributed by atoms with Crippen LogP contribution in [0.1, 0.15) is 41.0 Å². The molecule has 2 heterocycles. The van der Waals surface area contributed by atoms with Gasteiger partial charge in [0.05, 0.1) is 19.3 Å². The molecule has 0 radical (unpaired) electrons. The van der Waals surface area contributed by atoms with Crippen molar-refractivity contribution in [2.75, 3.05) is 32.9 Å². The molecule has 8 nitrogen and oxygen atoms in total. The monoisotopic (exact) mass is 370 g/mol. The summed E-state index contributed by atoms with van der Waals surface area (Å²) in [6, 6.07) is 0. The maximum Gasteiger partial charge on any atom is 0.410 e. The molecule has 148 valence electrons. The highest BCUT2D eigenvalue weighted by atomic mass is 16.6. The molecule has 3 atom stereocenters. The highest BCUT2D eigenvalue weighted by molar-refractivity contribution is 5.96. The van der Waals surface area contributed by atoms with Gasteiger partial charge in [-0.2, -0.15) is 0 Å². The van der Waals surface area contributed by atoms with Crippen molar-refractivity contribution in [3.8, 4) is 0 Å². The summed E-state index contributed by atoms with van der Waals surface area (Å²) >= 11 is 0. The minimum atomic E-state index is -1.11. The number of nitrogens with one attached hydrogen (secondary N) is 1. The van der Waals surface area contributed by atoms with Gasteiger partial charge in [0.2, 0.25) is 0 Å². The molecule has 2 rings (SSSR count). The zero-order valence-electron chi connectivity index (χ0n) is 16.3. The van der Waals surface area contributed by atoms with Gasteiger partial charge in [-0.05, 0) is 25.7 Å². The number of rotatable bonds is 4. The number of amides is 2. The van der Waals surface area contributed by atoms with E-state index in [9.17, 15) is 14.4 Å². The molecule has 2 aliphatic rings. The first-order chi connectivity index (χ1) is 12.0. The lowest BCUT2D eigenvalue weighted by molar-refractivity contribution is -0.137. The third-order valence-electron chi connectivity index (χ3n) is 4.84. The molecule has 26 heavy (non-hydrogen) atoms. The van der Waals surface area contributed by atoms with Gasteiger partial charge in [-0.25, -0.2) is 4.79 Å². The highest BCUT2D eigenvalue weighted by Crippen LogP contribution is 2.26. The number of hydrogen-bond acceptors (Lipinski definition) is 6. The standard InChI is InChI=1S/C18H30N2O6/c1-12-18(5,14(21)11-25-12)19-15(22)13(10-17(2,3)4)26-16(23)20-6-8-24-9-7-20/h12-13H,6-11H2,1-5H3,(H,19,22). The highest BCUT2D eigenvalue weighted by Gasteiger charge is 2.47. The summed E-state index contributed by atoms with van der Waals surface area (Å²) in [4.78, 5) is 39.0. The number of morpholine rings is 1. The lowest BCUT2D eigenvalue weighted by atomic mass is 9.87. The molecule has 0 bridgehead atoms.